The molecule has 1 aliphatic carbocycles. The Bertz CT molecular complexity index is 922. The predicted octanol–water partition coefficient (Wildman–Crippen LogP) is 4.34. The summed E-state index contributed by atoms with van der Waals surface area (Å²) in [7, 11) is 0. The van der Waals surface area contributed by atoms with Crippen molar-refractivity contribution in [3.05, 3.63) is 36.7 Å². The summed E-state index contributed by atoms with van der Waals surface area (Å²) in [6.45, 7) is 4.36. The van der Waals surface area contributed by atoms with Crippen molar-refractivity contribution in [2.45, 2.75) is 44.8 Å². The van der Waals surface area contributed by atoms with Gasteiger partial charge in [-0.05, 0) is 30.9 Å². The SMILES string of the molecule is CC1CCCN(c2nccnc2OC2CC(Nc3nc4ccccc4s3)C2)C1. The van der Waals surface area contributed by atoms with E-state index in [2.05, 4.69) is 50.3 Å². The number of thiazole rings is 1. The van der Waals surface area contributed by atoms with Gasteiger partial charge in [0.2, 0.25) is 0 Å². The first-order valence-corrected chi connectivity index (χ1v) is 10.9. The highest BCUT2D eigenvalue weighted by Gasteiger charge is 2.33. The van der Waals surface area contributed by atoms with E-state index in [0.29, 0.717) is 17.8 Å². The number of aromatic nitrogens is 3. The van der Waals surface area contributed by atoms with Crippen LogP contribution in [0.2, 0.25) is 0 Å². The van der Waals surface area contributed by atoms with E-state index in [-0.39, 0.29) is 6.10 Å². The lowest BCUT2D eigenvalue weighted by molar-refractivity contribution is 0.103. The standard InChI is InChI=1S/C21H25N5OS/c1-14-5-4-10-26(13-14)19-20(23-9-8-22-19)27-16-11-15(12-16)24-21-25-17-6-2-3-7-18(17)28-21/h2-3,6-9,14-16H,4-5,10-13H2,1H3,(H,24,25). The van der Waals surface area contributed by atoms with Crippen molar-refractivity contribution in [2.75, 3.05) is 23.3 Å². The summed E-state index contributed by atoms with van der Waals surface area (Å²) in [6.07, 6.45) is 8.08. The van der Waals surface area contributed by atoms with E-state index >= 15 is 0 Å². The molecular formula is C21H25N5OS. The molecule has 146 valence electrons. The van der Waals surface area contributed by atoms with Gasteiger partial charge in [-0.1, -0.05) is 30.4 Å². The van der Waals surface area contributed by atoms with Gasteiger partial charge in [-0.2, -0.15) is 0 Å². The topological polar surface area (TPSA) is 63.2 Å². The molecule has 28 heavy (non-hydrogen) atoms. The van der Waals surface area contributed by atoms with Gasteiger partial charge in [0.05, 0.1) is 10.2 Å². The fourth-order valence-electron chi connectivity index (χ4n) is 4.05. The molecule has 0 bridgehead atoms. The molecule has 1 aromatic carbocycles. The lowest BCUT2D eigenvalue weighted by Crippen LogP contribution is -2.43. The second-order valence-corrected chi connectivity index (χ2v) is 8.95. The van der Waals surface area contributed by atoms with Crippen LogP contribution >= 0.6 is 11.3 Å². The summed E-state index contributed by atoms with van der Waals surface area (Å²) in [5.74, 6) is 2.27. The summed E-state index contributed by atoms with van der Waals surface area (Å²) in [5.41, 5.74) is 1.06. The maximum Gasteiger partial charge on any atom is 0.257 e. The molecule has 2 fully saturated rings. The number of para-hydroxylation sites is 1. The summed E-state index contributed by atoms with van der Waals surface area (Å²) < 4.78 is 7.44. The first kappa shape index (κ1) is 17.7. The number of rotatable bonds is 5. The summed E-state index contributed by atoms with van der Waals surface area (Å²) in [4.78, 5) is 16.0. The van der Waals surface area contributed by atoms with E-state index in [0.717, 1.165) is 42.4 Å². The van der Waals surface area contributed by atoms with Crippen LogP contribution in [0.15, 0.2) is 36.7 Å². The number of benzene rings is 1. The molecule has 1 saturated heterocycles. The Morgan fingerprint density at radius 1 is 1.18 bits per heavy atom. The first-order valence-electron chi connectivity index (χ1n) is 10.1. The molecular weight excluding hydrogens is 370 g/mol. The molecule has 6 nitrogen and oxygen atoms in total. The number of ether oxygens (including phenoxy) is 1. The van der Waals surface area contributed by atoms with Crippen molar-refractivity contribution in [1.82, 2.24) is 15.0 Å². The van der Waals surface area contributed by atoms with Crippen LogP contribution in [0.4, 0.5) is 10.9 Å². The van der Waals surface area contributed by atoms with Crippen LogP contribution in [0.5, 0.6) is 5.88 Å². The van der Waals surface area contributed by atoms with Gasteiger partial charge >= 0.3 is 0 Å². The lowest BCUT2D eigenvalue weighted by atomic mass is 9.89. The van der Waals surface area contributed by atoms with Crippen molar-refractivity contribution in [3.8, 4) is 5.88 Å². The molecule has 1 N–H and O–H groups in total. The maximum absolute atomic E-state index is 6.22. The Morgan fingerprint density at radius 3 is 2.89 bits per heavy atom. The van der Waals surface area contributed by atoms with Crippen LogP contribution in [0.3, 0.4) is 0 Å². The van der Waals surface area contributed by atoms with Gasteiger partial charge in [0.1, 0.15) is 6.10 Å². The quantitative estimate of drug-likeness (QED) is 0.693. The highest BCUT2D eigenvalue weighted by Crippen LogP contribution is 2.34. The third kappa shape index (κ3) is 3.63. The zero-order chi connectivity index (χ0) is 18.9. The van der Waals surface area contributed by atoms with Crippen LogP contribution in [-0.4, -0.2) is 40.2 Å². The molecule has 1 saturated carbocycles. The zero-order valence-corrected chi connectivity index (χ0v) is 16.9. The van der Waals surface area contributed by atoms with Crippen LogP contribution in [0, 0.1) is 5.92 Å². The summed E-state index contributed by atoms with van der Waals surface area (Å²) in [5, 5.41) is 4.54. The number of nitrogens with zero attached hydrogens (tertiary/aromatic N) is 4. The Labute approximate surface area is 169 Å². The van der Waals surface area contributed by atoms with Gasteiger partial charge in [-0.3, -0.25) is 0 Å². The molecule has 2 aromatic heterocycles. The van der Waals surface area contributed by atoms with E-state index in [1.54, 1.807) is 23.7 Å². The number of nitrogens with one attached hydrogen (secondary N) is 1. The van der Waals surface area contributed by atoms with Crippen molar-refractivity contribution in [2.24, 2.45) is 5.92 Å². The second kappa shape index (κ2) is 7.54. The van der Waals surface area contributed by atoms with Crippen LogP contribution in [0.25, 0.3) is 10.2 Å². The molecule has 5 rings (SSSR count). The van der Waals surface area contributed by atoms with Crippen molar-refractivity contribution in [3.63, 3.8) is 0 Å². The van der Waals surface area contributed by atoms with Crippen LogP contribution in [-0.2, 0) is 0 Å². The fourth-order valence-corrected chi connectivity index (χ4v) is 4.99. The van der Waals surface area contributed by atoms with E-state index < -0.39 is 0 Å². The van der Waals surface area contributed by atoms with Gasteiger partial charge < -0.3 is 15.0 Å². The second-order valence-electron chi connectivity index (χ2n) is 7.92. The fraction of sp³-hybridized carbons (Fsp3) is 0.476. The van der Waals surface area contributed by atoms with Crippen molar-refractivity contribution < 1.29 is 4.74 Å². The molecule has 1 aliphatic heterocycles. The maximum atomic E-state index is 6.22. The van der Waals surface area contributed by atoms with Gasteiger partial charge in [-0.15, -0.1) is 0 Å². The third-order valence-corrected chi connectivity index (χ3v) is 6.57. The van der Waals surface area contributed by atoms with E-state index in [1.807, 2.05) is 6.07 Å². The zero-order valence-electron chi connectivity index (χ0n) is 16.0. The van der Waals surface area contributed by atoms with E-state index in [9.17, 15) is 0 Å². The Morgan fingerprint density at radius 2 is 2.04 bits per heavy atom. The smallest absolute Gasteiger partial charge is 0.257 e. The molecule has 2 aliphatic rings. The minimum atomic E-state index is 0.185. The van der Waals surface area contributed by atoms with E-state index in [4.69, 9.17) is 4.74 Å². The molecule has 7 heteroatoms. The molecule has 3 aromatic rings. The normalized spacial score (nSPS) is 24.8. The number of piperidine rings is 1. The highest BCUT2D eigenvalue weighted by atomic mass is 32.1. The molecule has 0 amide bonds. The van der Waals surface area contributed by atoms with E-state index in [1.165, 1.54) is 17.5 Å². The monoisotopic (exact) mass is 395 g/mol. The summed E-state index contributed by atoms with van der Waals surface area (Å²) in [6, 6.07) is 8.66. The molecule has 3 heterocycles. The van der Waals surface area contributed by atoms with Gasteiger partial charge in [-0.25, -0.2) is 15.0 Å². The highest BCUT2D eigenvalue weighted by molar-refractivity contribution is 7.22. The molecule has 1 unspecified atom stereocenters. The number of anilines is 2. The minimum Gasteiger partial charge on any atom is -0.472 e. The number of fused-ring (bicyclic) bond motifs is 1. The summed E-state index contributed by atoms with van der Waals surface area (Å²) >= 11 is 1.71. The minimum absolute atomic E-state index is 0.185. The van der Waals surface area contributed by atoms with Crippen molar-refractivity contribution in [1.29, 1.82) is 0 Å². The van der Waals surface area contributed by atoms with Gasteiger partial charge in [0.15, 0.2) is 10.9 Å². The Hall–Kier alpha value is -2.41. The molecule has 1 atom stereocenters. The number of hydrogen-bond acceptors (Lipinski definition) is 7. The molecule has 0 spiro atoms. The third-order valence-electron chi connectivity index (χ3n) is 5.60. The van der Waals surface area contributed by atoms with Crippen LogP contribution in [0.1, 0.15) is 32.6 Å². The number of hydrogen-bond donors (Lipinski definition) is 1. The molecule has 0 radical (unpaired) electrons. The average Bonchev–Trinajstić information content (AvgIpc) is 3.09. The first-order chi connectivity index (χ1) is 13.7. The predicted molar refractivity (Wildman–Crippen MR) is 113 cm³/mol. The van der Waals surface area contributed by atoms with Gasteiger partial charge in [0.25, 0.3) is 5.88 Å². The van der Waals surface area contributed by atoms with Crippen molar-refractivity contribution >= 4 is 32.5 Å². The van der Waals surface area contributed by atoms with Gasteiger partial charge in [0, 0.05) is 44.4 Å². The largest absolute Gasteiger partial charge is 0.472 e. The van der Waals surface area contributed by atoms with Crippen LogP contribution < -0.4 is 15.0 Å². The lowest BCUT2D eigenvalue weighted by Gasteiger charge is -2.37. The Kier molecular flexibility index (Phi) is 4.76. The Balaban J connectivity index is 1.20. The average molecular weight is 396 g/mol.